The topological polar surface area (TPSA) is 76.0 Å². The SMILES string of the molecule is CCCCCCCCCCCCCCCCCCOCC(O)COP(=O)(O)C(C)C. The van der Waals surface area contributed by atoms with E-state index in [1.807, 2.05) is 0 Å². The largest absolute Gasteiger partial charge is 0.388 e. The first-order valence-electron chi connectivity index (χ1n) is 12.6. The Kier molecular flexibility index (Phi) is 21.0. The van der Waals surface area contributed by atoms with Gasteiger partial charge in [-0.2, -0.15) is 0 Å². The zero-order chi connectivity index (χ0) is 22.5. The van der Waals surface area contributed by atoms with E-state index in [4.69, 9.17) is 9.26 Å². The van der Waals surface area contributed by atoms with E-state index in [-0.39, 0.29) is 13.2 Å². The lowest BCUT2D eigenvalue weighted by atomic mass is 10.0. The Hall–Kier alpha value is 0.0700. The van der Waals surface area contributed by atoms with Crippen LogP contribution in [0, 0.1) is 0 Å². The highest BCUT2D eigenvalue weighted by atomic mass is 31.2. The number of hydrogen-bond acceptors (Lipinski definition) is 4. The van der Waals surface area contributed by atoms with Crippen molar-refractivity contribution in [1.82, 2.24) is 0 Å². The van der Waals surface area contributed by atoms with Crippen molar-refractivity contribution in [3.8, 4) is 0 Å². The van der Waals surface area contributed by atoms with Crippen molar-refractivity contribution in [3.05, 3.63) is 0 Å². The van der Waals surface area contributed by atoms with E-state index in [9.17, 15) is 14.6 Å². The summed E-state index contributed by atoms with van der Waals surface area (Å²) in [5, 5.41) is 9.75. The molecule has 0 aliphatic rings. The van der Waals surface area contributed by atoms with Crippen LogP contribution in [0.25, 0.3) is 0 Å². The average Bonchev–Trinajstić information content (AvgIpc) is 2.71. The van der Waals surface area contributed by atoms with Crippen LogP contribution in [0.1, 0.15) is 124 Å². The minimum Gasteiger partial charge on any atom is -0.388 e. The van der Waals surface area contributed by atoms with Gasteiger partial charge in [-0.25, -0.2) is 0 Å². The highest BCUT2D eigenvalue weighted by Gasteiger charge is 2.25. The Morgan fingerprint density at radius 1 is 0.700 bits per heavy atom. The fourth-order valence-corrected chi connectivity index (χ4v) is 4.05. The molecule has 0 aromatic heterocycles. The maximum atomic E-state index is 11.6. The molecule has 0 bridgehead atoms. The molecule has 0 heterocycles. The van der Waals surface area contributed by atoms with Crippen molar-refractivity contribution >= 4 is 7.60 Å². The Balaban J connectivity index is 3.23. The molecule has 0 fully saturated rings. The second-order valence-corrected chi connectivity index (χ2v) is 11.4. The Morgan fingerprint density at radius 2 is 1.10 bits per heavy atom. The van der Waals surface area contributed by atoms with Gasteiger partial charge in [0.1, 0.15) is 6.10 Å². The molecule has 0 saturated heterocycles. The second-order valence-electron chi connectivity index (χ2n) is 8.99. The van der Waals surface area contributed by atoms with E-state index < -0.39 is 19.4 Å². The first-order valence-corrected chi connectivity index (χ1v) is 14.3. The molecule has 2 N–H and O–H groups in total. The molecule has 0 radical (unpaired) electrons. The zero-order valence-electron chi connectivity index (χ0n) is 20.2. The van der Waals surface area contributed by atoms with Gasteiger partial charge in [0, 0.05) is 6.61 Å². The van der Waals surface area contributed by atoms with Crippen LogP contribution in [0.4, 0.5) is 0 Å². The van der Waals surface area contributed by atoms with Gasteiger partial charge in [0.05, 0.1) is 18.9 Å². The van der Waals surface area contributed by atoms with Crippen molar-refractivity contribution in [2.45, 2.75) is 135 Å². The number of ether oxygens (including phenoxy) is 1. The third-order valence-corrected chi connectivity index (χ3v) is 7.38. The van der Waals surface area contributed by atoms with Crippen LogP contribution >= 0.6 is 7.60 Å². The quantitative estimate of drug-likeness (QED) is 0.127. The Bertz CT molecular complexity index is 403. The fraction of sp³-hybridized carbons (Fsp3) is 1.00. The van der Waals surface area contributed by atoms with Gasteiger partial charge in [-0.1, -0.05) is 117 Å². The van der Waals surface area contributed by atoms with Gasteiger partial charge >= 0.3 is 7.60 Å². The summed E-state index contributed by atoms with van der Waals surface area (Å²) < 4.78 is 22.0. The smallest absolute Gasteiger partial charge is 0.330 e. The zero-order valence-corrected chi connectivity index (χ0v) is 21.1. The van der Waals surface area contributed by atoms with E-state index >= 15 is 0 Å². The maximum Gasteiger partial charge on any atom is 0.330 e. The van der Waals surface area contributed by atoms with Crippen LogP contribution in [-0.4, -0.2) is 41.6 Å². The molecule has 0 aliphatic heterocycles. The van der Waals surface area contributed by atoms with Gasteiger partial charge in [-0.15, -0.1) is 0 Å². The Morgan fingerprint density at radius 3 is 1.50 bits per heavy atom. The second kappa shape index (κ2) is 20.9. The molecule has 0 saturated carbocycles. The lowest BCUT2D eigenvalue weighted by Crippen LogP contribution is -2.22. The number of aliphatic hydroxyl groups is 1. The highest BCUT2D eigenvalue weighted by Crippen LogP contribution is 2.46. The van der Waals surface area contributed by atoms with E-state index in [1.54, 1.807) is 13.8 Å². The van der Waals surface area contributed by atoms with Crippen LogP contribution in [0.5, 0.6) is 0 Å². The van der Waals surface area contributed by atoms with Gasteiger partial charge < -0.3 is 19.3 Å². The third kappa shape index (κ3) is 20.0. The molecule has 2 atom stereocenters. The molecule has 0 aromatic rings. The summed E-state index contributed by atoms with van der Waals surface area (Å²) in [7, 11) is -3.61. The van der Waals surface area contributed by atoms with Crippen LogP contribution < -0.4 is 0 Å². The molecule has 0 aromatic carbocycles. The van der Waals surface area contributed by atoms with Crippen molar-refractivity contribution in [1.29, 1.82) is 0 Å². The van der Waals surface area contributed by atoms with Crippen molar-refractivity contribution in [2.24, 2.45) is 0 Å². The molecule has 0 amide bonds. The van der Waals surface area contributed by atoms with Crippen molar-refractivity contribution in [2.75, 3.05) is 19.8 Å². The van der Waals surface area contributed by atoms with Crippen LogP contribution in [0.3, 0.4) is 0 Å². The summed E-state index contributed by atoms with van der Waals surface area (Å²) in [6.07, 6.45) is 20.6. The van der Waals surface area contributed by atoms with Gasteiger partial charge in [-0.05, 0) is 6.42 Å². The predicted molar refractivity (Wildman–Crippen MR) is 127 cm³/mol. The van der Waals surface area contributed by atoms with Gasteiger partial charge in [0.2, 0.25) is 0 Å². The molecule has 5 nitrogen and oxygen atoms in total. The maximum absolute atomic E-state index is 11.6. The molecule has 2 unspecified atom stereocenters. The summed E-state index contributed by atoms with van der Waals surface area (Å²) in [6, 6.07) is 0. The number of hydrogen-bond donors (Lipinski definition) is 2. The fourth-order valence-electron chi connectivity index (χ4n) is 3.36. The van der Waals surface area contributed by atoms with E-state index in [0.29, 0.717) is 6.61 Å². The highest BCUT2D eigenvalue weighted by molar-refractivity contribution is 7.53. The van der Waals surface area contributed by atoms with Gasteiger partial charge in [0.25, 0.3) is 0 Å². The van der Waals surface area contributed by atoms with Crippen molar-refractivity contribution in [3.63, 3.8) is 0 Å². The molecule has 6 heteroatoms. The normalized spacial score (nSPS) is 14.9. The van der Waals surface area contributed by atoms with E-state index in [0.717, 1.165) is 12.8 Å². The molecule has 0 aliphatic carbocycles. The summed E-state index contributed by atoms with van der Waals surface area (Å²) in [4.78, 5) is 9.55. The van der Waals surface area contributed by atoms with Gasteiger partial charge in [0.15, 0.2) is 0 Å². The molecule has 182 valence electrons. The first kappa shape index (κ1) is 30.1. The minimum absolute atomic E-state index is 0.150. The van der Waals surface area contributed by atoms with E-state index in [2.05, 4.69) is 6.92 Å². The van der Waals surface area contributed by atoms with Crippen LogP contribution in [0.2, 0.25) is 0 Å². The lowest BCUT2D eigenvalue weighted by molar-refractivity contribution is 0.00853. The molecule has 0 rings (SSSR count). The molecular weight excluding hydrogens is 399 g/mol. The van der Waals surface area contributed by atoms with Crippen molar-refractivity contribution < 1.29 is 23.8 Å². The third-order valence-electron chi connectivity index (χ3n) is 5.56. The van der Waals surface area contributed by atoms with Crippen LogP contribution in [0.15, 0.2) is 0 Å². The minimum atomic E-state index is -3.61. The number of aliphatic hydroxyl groups excluding tert-OH is 1. The molecule has 0 spiro atoms. The first-order chi connectivity index (χ1) is 14.4. The molecular formula is C24H51O5P. The van der Waals surface area contributed by atoms with Gasteiger partial charge in [-0.3, -0.25) is 4.57 Å². The lowest BCUT2D eigenvalue weighted by Gasteiger charge is -2.18. The summed E-state index contributed by atoms with van der Waals surface area (Å²) in [5.74, 6) is 0. The van der Waals surface area contributed by atoms with Crippen LogP contribution in [-0.2, 0) is 13.8 Å². The monoisotopic (exact) mass is 450 g/mol. The predicted octanol–water partition coefficient (Wildman–Crippen LogP) is 7.24. The number of rotatable bonds is 23. The Labute approximate surface area is 186 Å². The summed E-state index contributed by atoms with van der Waals surface area (Å²) in [6.45, 7) is 6.13. The van der Waals surface area contributed by atoms with E-state index in [1.165, 1.54) is 89.9 Å². The molecule has 30 heavy (non-hydrogen) atoms. The summed E-state index contributed by atoms with van der Waals surface area (Å²) in [5.41, 5.74) is -0.462. The average molecular weight is 451 g/mol. The summed E-state index contributed by atoms with van der Waals surface area (Å²) >= 11 is 0. The standard InChI is InChI=1S/C24H51O5P/c1-4-5-6-7-8-9-10-11-12-13-14-15-16-17-18-19-20-28-21-24(25)22-29-30(26,27)23(2)3/h23-25H,4-22H2,1-3H3,(H,26,27). The number of unbranched alkanes of at least 4 members (excludes halogenated alkanes) is 15.